The lowest BCUT2D eigenvalue weighted by molar-refractivity contribution is 0.112. The average Bonchev–Trinajstić information content (AvgIpc) is 2.82. The Bertz CT molecular complexity index is 1130. The van der Waals surface area contributed by atoms with Crippen LogP contribution in [0.2, 0.25) is 0 Å². The van der Waals surface area contributed by atoms with Crippen molar-refractivity contribution >= 4 is 23.3 Å². The van der Waals surface area contributed by atoms with Gasteiger partial charge in [0, 0.05) is 22.6 Å². The van der Waals surface area contributed by atoms with Gasteiger partial charge in [-0.05, 0) is 78.6 Å². The molecule has 0 bridgehead atoms. The third-order valence-electron chi connectivity index (χ3n) is 5.53. The van der Waals surface area contributed by atoms with E-state index >= 15 is 0 Å². The second-order valence-electron chi connectivity index (χ2n) is 7.87. The van der Waals surface area contributed by atoms with Crippen LogP contribution in [-0.2, 0) is 6.42 Å². The van der Waals surface area contributed by atoms with Crippen LogP contribution in [0.15, 0.2) is 97.1 Å². The van der Waals surface area contributed by atoms with Crippen molar-refractivity contribution in [2.75, 3.05) is 4.90 Å². The lowest BCUT2D eigenvalue weighted by atomic mass is 10.0. The van der Waals surface area contributed by atoms with Crippen molar-refractivity contribution in [1.29, 1.82) is 0 Å². The molecular weight excluding hydrogens is 378 g/mol. The molecule has 0 unspecified atom stereocenters. The van der Waals surface area contributed by atoms with Gasteiger partial charge in [-0.2, -0.15) is 0 Å². The van der Waals surface area contributed by atoms with Gasteiger partial charge in [-0.1, -0.05) is 67.4 Å². The highest BCUT2D eigenvalue weighted by Gasteiger charge is 2.12. The molecule has 0 saturated heterocycles. The highest BCUT2D eigenvalue weighted by molar-refractivity contribution is 5.81. The topological polar surface area (TPSA) is 20.3 Å². The minimum atomic E-state index is 0.675. The molecule has 31 heavy (non-hydrogen) atoms. The molecule has 4 aromatic carbocycles. The Morgan fingerprint density at radius 2 is 1.10 bits per heavy atom. The third-order valence-corrected chi connectivity index (χ3v) is 5.53. The van der Waals surface area contributed by atoms with E-state index in [1.807, 2.05) is 24.3 Å². The van der Waals surface area contributed by atoms with Gasteiger partial charge < -0.3 is 4.90 Å². The van der Waals surface area contributed by atoms with Crippen molar-refractivity contribution in [1.82, 2.24) is 0 Å². The number of aryl methyl sites for hydroxylation is 2. The number of rotatable bonds is 7. The fourth-order valence-corrected chi connectivity index (χ4v) is 3.80. The van der Waals surface area contributed by atoms with E-state index in [0.717, 1.165) is 36.2 Å². The lowest BCUT2D eigenvalue weighted by Crippen LogP contribution is -2.09. The van der Waals surface area contributed by atoms with Gasteiger partial charge in [0.05, 0.1) is 0 Å². The molecule has 0 spiro atoms. The number of carbonyl (C=O) groups excluding carboxylic acids is 1. The molecule has 0 heterocycles. The predicted molar refractivity (Wildman–Crippen MR) is 131 cm³/mol. The fourth-order valence-electron chi connectivity index (χ4n) is 3.80. The summed E-state index contributed by atoms with van der Waals surface area (Å²) in [4.78, 5) is 13.3. The van der Waals surface area contributed by atoms with Crippen molar-refractivity contribution in [2.45, 2.75) is 26.7 Å². The zero-order chi connectivity index (χ0) is 21.6. The smallest absolute Gasteiger partial charge is 0.150 e. The highest BCUT2D eigenvalue weighted by atomic mass is 16.1. The van der Waals surface area contributed by atoms with Crippen LogP contribution in [0.25, 0.3) is 11.1 Å². The number of hydrogen-bond acceptors (Lipinski definition) is 2. The molecule has 0 saturated carbocycles. The maximum Gasteiger partial charge on any atom is 0.150 e. The van der Waals surface area contributed by atoms with Crippen molar-refractivity contribution < 1.29 is 4.79 Å². The molecule has 0 aliphatic heterocycles. The highest BCUT2D eigenvalue weighted by Crippen LogP contribution is 2.35. The summed E-state index contributed by atoms with van der Waals surface area (Å²) >= 11 is 0. The molecule has 0 aliphatic rings. The van der Waals surface area contributed by atoms with Gasteiger partial charge in [0.1, 0.15) is 6.29 Å². The SMILES string of the molecule is CCCc1ccc(-c2ccc(N(c3ccc(C)cc3)c3ccc(C=O)cc3)cc2)cc1. The minimum Gasteiger partial charge on any atom is -0.311 e. The van der Waals surface area contributed by atoms with Crippen LogP contribution in [0, 0.1) is 6.92 Å². The van der Waals surface area contributed by atoms with Crippen LogP contribution in [0.5, 0.6) is 0 Å². The summed E-state index contributed by atoms with van der Waals surface area (Å²) in [6, 6.07) is 33.7. The molecule has 154 valence electrons. The van der Waals surface area contributed by atoms with Gasteiger partial charge in [-0.3, -0.25) is 4.79 Å². The van der Waals surface area contributed by atoms with E-state index < -0.39 is 0 Å². The molecule has 0 N–H and O–H groups in total. The number of hydrogen-bond donors (Lipinski definition) is 0. The molecule has 0 aromatic heterocycles. The van der Waals surface area contributed by atoms with E-state index in [4.69, 9.17) is 0 Å². The van der Waals surface area contributed by atoms with Crippen molar-refractivity contribution in [3.05, 3.63) is 114 Å². The van der Waals surface area contributed by atoms with Gasteiger partial charge >= 0.3 is 0 Å². The Morgan fingerprint density at radius 1 is 0.645 bits per heavy atom. The van der Waals surface area contributed by atoms with Crippen LogP contribution in [0.4, 0.5) is 17.1 Å². The van der Waals surface area contributed by atoms with Gasteiger partial charge in [0.25, 0.3) is 0 Å². The first-order valence-electron chi connectivity index (χ1n) is 10.8. The molecule has 2 nitrogen and oxygen atoms in total. The number of aldehydes is 1. The summed E-state index contributed by atoms with van der Waals surface area (Å²) < 4.78 is 0. The first kappa shape index (κ1) is 20.6. The predicted octanol–water partition coefficient (Wildman–Crippen LogP) is 7.90. The largest absolute Gasteiger partial charge is 0.311 e. The fraction of sp³-hybridized carbons (Fsp3) is 0.138. The Balaban J connectivity index is 1.69. The first-order chi connectivity index (χ1) is 15.2. The maximum atomic E-state index is 11.1. The standard InChI is InChI=1S/C29H27NO/c1-3-4-23-7-11-25(12-8-23)26-13-19-29(20-14-26)30(27-15-5-22(2)6-16-27)28-17-9-24(21-31)10-18-28/h5-21H,3-4H2,1-2H3. The van der Waals surface area contributed by atoms with Crippen molar-refractivity contribution in [3.8, 4) is 11.1 Å². The van der Waals surface area contributed by atoms with Crippen molar-refractivity contribution in [3.63, 3.8) is 0 Å². The second kappa shape index (κ2) is 9.44. The molecule has 4 aromatic rings. The Kier molecular flexibility index (Phi) is 6.28. The monoisotopic (exact) mass is 405 g/mol. The maximum absolute atomic E-state index is 11.1. The molecule has 4 rings (SSSR count). The quantitative estimate of drug-likeness (QED) is 0.291. The summed E-state index contributed by atoms with van der Waals surface area (Å²) in [5.74, 6) is 0. The molecule has 0 aliphatic carbocycles. The zero-order valence-corrected chi connectivity index (χ0v) is 18.1. The van der Waals surface area contributed by atoms with Gasteiger partial charge in [-0.15, -0.1) is 0 Å². The van der Waals surface area contributed by atoms with Crippen LogP contribution in [-0.4, -0.2) is 6.29 Å². The van der Waals surface area contributed by atoms with E-state index in [0.29, 0.717) is 5.56 Å². The Morgan fingerprint density at radius 3 is 1.58 bits per heavy atom. The number of benzene rings is 4. The van der Waals surface area contributed by atoms with E-state index in [1.54, 1.807) is 0 Å². The van der Waals surface area contributed by atoms with Crippen LogP contribution >= 0.6 is 0 Å². The number of anilines is 3. The molecule has 0 atom stereocenters. The lowest BCUT2D eigenvalue weighted by Gasteiger charge is -2.26. The zero-order valence-electron chi connectivity index (χ0n) is 18.1. The third kappa shape index (κ3) is 4.75. The molecule has 2 heteroatoms. The van der Waals surface area contributed by atoms with E-state index in [1.165, 1.54) is 22.3 Å². The summed E-state index contributed by atoms with van der Waals surface area (Å²) in [7, 11) is 0. The normalized spacial score (nSPS) is 10.6. The summed E-state index contributed by atoms with van der Waals surface area (Å²) in [5.41, 5.74) is 8.89. The van der Waals surface area contributed by atoms with Gasteiger partial charge in [-0.25, -0.2) is 0 Å². The van der Waals surface area contributed by atoms with Gasteiger partial charge in [0.2, 0.25) is 0 Å². The molecular formula is C29H27NO. The summed E-state index contributed by atoms with van der Waals surface area (Å²) in [5, 5.41) is 0. The summed E-state index contributed by atoms with van der Waals surface area (Å²) in [6.45, 7) is 4.30. The van der Waals surface area contributed by atoms with Crippen LogP contribution < -0.4 is 4.90 Å². The van der Waals surface area contributed by atoms with E-state index in [2.05, 4.69) is 91.5 Å². The molecule has 0 amide bonds. The van der Waals surface area contributed by atoms with E-state index in [9.17, 15) is 4.79 Å². The Hall–Kier alpha value is -3.65. The number of carbonyl (C=O) groups is 1. The molecule has 0 fully saturated rings. The van der Waals surface area contributed by atoms with Crippen LogP contribution in [0.3, 0.4) is 0 Å². The van der Waals surface area contributed by atoms with Crippen LogP contribution in [0.1, 0.15) is 34.8 Å². The average molecular weight is 406 g/mol. The van der Waals surface area contributed by atoms with Gasteiger partial charge in [0.15, 0.2) is 0 Å². The first-order valence-corrected chi connectivity index (χ1v) is 10.8. The minimum absolute atomic E-state index is 0.675. The Labute approximate surface area is 184 Å². The second-order valence-corrected chi connectivity index (χ2v) is 7.87. The summed E-state index contributed by atoms with van der Waals surface area (Å²) in [6.07, 6.45) is 3.16. The van der Waals surface area contributed by atoms with E-state index in [-0.39, 0.29) is 0 Å². The van der Waals surface area contributed by atoms with Crippen molar-refractivity contribution in [2.24, 2.45) is 0 Å². The number of nitrogens with zero attached hydrogens (tertiary/aromatic N) is 1. The molecule has 0 radical (unpaired) electrons.